The Labute approximate surface area is 153 Å². The lowest BCUT2D eigenvalue weighted by Crippen LogP contribution is -2.49. The van der Waals surface area contributed by atoms with E-state index in [0.29, 0.717) is 18.6 Å². The van der Waals surface area contributed by atoms with Crippen LogP contribution < -0.4 is 0 Å². The van der Waals surface area contributed by atoms with Crippen molar-refractivity contribution in [1.82, 2.24) is 4.90 Å². The lowest BCUT2D eigenvalue weighted by atomic mass is 9.70. The van der Waals surface area contributed by atoms with E-state index in [1.54, 1.807) is 0 Å². The Kier molecular flexibility index (Phi) is 6.30. The number of rotatable bonds is 5. The Morgan fingerprint density at radius 1 is 1.21 bits per heavy atom. The van der Waals surface area contributed by atoms with Crippen LogP contribution in [-0.2, 0) is 9.47 Å². The van der Waals surface area contributed by atoms with Gasteiger partial charge in [0.1, 0.15) is 0 Å². The van der Waals surface area contributed by atoms with E-state index in [4.69, 9.17) is 9.47 Å². The number of halogens is 1. The van der Waals surface area contributed by atoms with Crippen LogP contribution in [0.2, 0.25) is 0 Å². The Balaban J connectivity index is 0.00000208. The molecule has 1 aliphatic heterocycles. The predicted octanol–water partition coefficient (Wildman–Crippen LogP) is 3.11. The average molecular weight is 362 g/mol. The molecule has 1 saturated heterocycles. The van der Waals surface area contributed by atoms with Crippen molar-refractivity contribution in [3.05, 3.63) is 0 Å². The van der Waals surface area contributed by atoms with Crippen LogP contribution >= 0.6 is 12.4 Å². The smallest absolute Gasteiger partial charge is 0.0900 e. The summed E-state index contributed by atoms with van der Waals surface area (Å²) in [5.41, 5.74) is 0.560. The van der Waals surface area contributed by atoms with Gasteiger partial charge in [0, 0.05) is 19.6 Å². The Morgan fingerprint density at radius 2 is 1.83 bits per heavy atom. The van der Waals surface area contributed by atoms with Gasteiger partial charge in [-0.2, -0.15) is 0 Å². The molecule has 3 fully saturated rings. The first-order valence-electron chi connectivity index (χ1n) is 9.38. The summed E-state index contributed by atoms with van der Waals surface area (Å²) in [4.78, 5) is 2.31. The zero-order chi connectivity index (χ0) is 16.8. The van der Waals surface area contributed by atoms with E-state index in [-0.39, 0.29) is 36.1 Å². The summed E-state index contributed by atoms with van der Waals surface area (Å²) in [6, 6.07) is 0. The highest BCUT2D eigenvalue weighted by Gasteiger charge is 2.60. The maximum absolute atomic E-state index is 10.5. The van der Waals surface area contributed by atoms with E-state index in [1.807, 2.05) is 0 Å². The van der Waals surface area contributed by atoms with Crippen LogP contribution in [-0.4, -0.2) is 60.7 Å². The zero-order valence-corrected chi connectivity index (χ0v) is 16.8. The Morgan fingerprint density at radius 3 is 2.38 bits per heavy atom. The number of hydrogen-bond donors (Lipinski definition) is 1. The molecule has 2 bridgehead atoms. The molecule has 6 atom stereocenters. The second kappa shape index (κ2) is 7.40. The van der Waals surface area contributed by atoms with Gasteiger partial charge in [-0.05, 0) is 49.9 Å². The summed E-state index contributed by atoms with van der Waals surface area (Å²) < 4.78 is 12.1. The van der Waals surface area contributed by atoms with Gasteiger partial charge in [-0.25, -0.2) is 0 Å². The van der Waals surface area contributed by atoms with Gasteiger partial charge in [-0.3, -0.25) is 4.90 Å². The van der Waals surface area contributed by atoms with Crippen molar-refractivity contribution >= 4 is 12.4 Å². The lowest BCUT2D eigenvalue weighted by molar-refractivity contribution is -0.121. The number of β-amino-alcohol motifs (C(OH)–C–C–N with tert-alkyl or cyclic N) is 1. The molecule has 1 heterocycles. The number of aliphatic hydroxyl groups is 1. The van der Waals surface area contributed by atoms with Crippen molar-refractivity contribution in [2.45, 2.75) is 78.3 Å². The highest BCUT2D eigenvalue weighted by Crippen LogP contribution is 2.63. The van der Waals surface area contributed by atoms with Gasteiger partial charge in [0.15, 0.2) is 0 Å². The van der Waals surface area contributed by atoms with E-state index in [9.17, 15) is 5.11 Å². The largest absolute Gasteiger partial charge is 0.389 e. The number of nitrogens with zero attached hydrogens (tertiary/aromatic N) is 1. The van der Waals surface area contributed by atoms with E-state index in [2.05, 4.69) is 39.5 Å². The van der Waals surface area contributed by atoms with Gasteiger partial charge in [0.25, 0.3) is 0 Å². The molecule has 0 radical (unpaired) electrons. The van der Waals surface area contributed by atoms with E-state index in [1.165, 1.54) is 19.3 Å². The van der Waals surface area contributed by atoms with Gasteiger partial charge in [-0.1, -0.05) is 20.8 Å². The van der Waals surface area contributed by atoms with Crippen molar-refractivity contribution < 1.29 is 14.6 Å². The maximum atomic E-state index is 10.5. The minimum atomic E-state index is -0.411. The van der Waals surface area contributed by atoms with E-state index in [0.717, 1.165) is 19.0 Å². The molecule has 0 aromatic rings. The molecule has 1 N–H and O–H groups in total. The topological polar surface area (TPSA) is 41.9 Å². The highest BCUT2D eigenvalue weighted by atomic mass is 35.5. The lowest BCUT2D eigenvalue weighted by Gasteiger charge is -2.43. The van der Waals surface area contributed by atoms with Crippen molar-refractivity contribution in [2.75, 3.05) is 26.2 Å². The summed E-state index contributed by atoms with van der Waals surface area (Å²) in [6.07, 6.45) is 4.28. The quantitative estimate of drug-likeness (QED) is 0.817. The monoisotopic (exact) mass is 361 g/mol. The molecule has 0 spiro atoms. The minimum Gasteiger partial charge on any atom is -0.389 e. The van der Waals surface area contributed by atoms with Gasteiger partial charge in [0.05, 0.1) is 31.0 Å². The number of hydrogen-bond acceptors (Lipinski definition) is 4. The molecule has 2 aliphatic carbocycles. The summed E-state index contributed by atoms with van der Waals surface area (Å²) in [5.74, 6) is 0.788. The van der Waals surface area contributed by atoms with E-state index < -0.39 is 6.10 Å². The highest BCUT2D eigenvalue weighted by molar-refractivity contribution is 5.85. The van der Waals surface area contributed by atoms with Gasteiger partial charge in [0.2, 0.25) is 0 Å². The number of morpholine rings is 1. The molecule has 3 rings (SSSR count). The summed E-state index contributed by atoms with van der Waals surface area (Å²) in [6.45, 7) is 14.2. The third-order valence-electron chi connectivity index (χ3n) is 6.56. The van der Waals surface area contributed by atoms with Crippen molar-refractivity contribution in [1.29, 1.82) is 0 Å². The summed E-state index contributed by atoms with van der Waals surface area (Å²) in [7, 11) is 0. The van der Waals surface area contributed by atoms with E-state index >= 15 is 0 Å². The molecular weight excluding hydrogens is 326 g/mol. The molecule has 0 amide bonds. The average Bonchev–Trinajstić information content (AvgIpc) is 2.88. The van der Waals surface area contributed by atoms with Crippen LogP contribution in [0.1, 0.15) is 53.9 Å². The minimum absolute atomic E-state index is 0. The number of aliphatic hydroxyl groups excluding tert-OH is 1. The zero-order valence-electron chi connectivity index (χ0n) is 16.0. The number of ether oxygens (including phenoxy) is 2. The molecule has 6 unspecified atom stereocenters. The fourth-order valence-electron chi connectivity index (χ4n) is 5.66. The second-order valence-corrected chi connectivity index (χ2v) is 9.26. The first-order valence-corrected chi connectivity index (χ1v) is 9.38. The van der Waals surface area contributed by atoms with Crippen LogP contribution in [0.15, 0.2) is 0 Å². The fraction of sp³-hybridized carbons (Fsp3) is 1.00. The first kappa shape index (κ1) is 20.4. The van der Waals surface area contributed by atoms with Crippen molar-refractivity contribution in [2.24, 2.45) is 16.7 Å². The van der Waals surface area contributed by atoms with Gasteiger partial charge in [-0.15, -0.1) is 12.4 Å². The molecule has 2 saturated carbocycles. The Hall–Kier alpha value is 0.130. The maximum Gasteiger partial charge on any atom is 0.0900 e. The van der Waals surface area contributed by atoms with Crippen molar-refractivity contribution in [3.63, 3.8) is 0 Å². The molecule has 3 aliphatic rings. The molecular formula is C19H36ClNO3. The standard InChI is InChI=1S/C19H35NO3.ClH/c1-13-9-20(10-14(2)23-13)11-16(21)12-22-17-18(3,4)15-6-7-19(17,5)8-15;/h13-17,21H,6-12H2,1-5H3;1H. The first-order chi connectivity index (χ1) is 10.7. The molecule has 5 heteroatoms. The molecule has 0 aromatic carbocycles. The van der Waals surface area contributed by atoms with Crippen LogP contribution in [0.25, 0.3) is 0 Å². The van der Waals surface area contributed by atoms with Crippen LogP contribution in [0.4, 0.5) is 0 Å². The van der Waals surface area contributed by atoms with Crippen LogP contribution in [0.5, 0.6) is 0 Å². The molecule has 0 aromatic heterocycles. The van der Waals surface area contributed by atoms with Crippen LogP contribution in [0.3, 0.4) is 0 Å². The third-order valence-corrected chi connectivity index (χ3v) is 6.56. The Bertz CT molecular complexity index is 418. The third kappa shape index (κ3) is 3.93. The van der Waals surface area contributed by atoms with Crippen LogP contribution in [0, 0.1) is 16.7 Å². The normalized spacial score (nSPS) is 42.8. The predicted molar refractivity (Wildman–Crippen MR) is 98.7 cm³/mol. The SMILES string of the molecule is CC1CN(CC(O)COC2C3(C)CCC(C3)C2(C)C)CC(C)O1.Cl. The summed E-state index contributed by atoms with van der Waals surface area (Å²) >= 11 is 0. The number of fused-ring (bicyclic) bond motifs is 2. The molecule has 142 valence electrons. The van der Waals surface area contributed by atoms with Gasteiger partial charge < -0.3 is 14.6 Å². The van der Waals surface area contributed by atoms with Gasteiger partial charge >= 0.3 is 0 Å². The second-order valence-electron chi connectivity index (χ2n) is 9.26. The summed E-state index contributed by atoms with van der Waals surface area (Å²) in [5, 5.41) is 10.5. The fourth-order valence-corrected chi connectivity index (χ4v) is 5.66. The molecule has 4 nitrogen and oxygen atoms in total. The van der Waals surface area contributed by atoms with Crippen molar-refractivity contribution in [3.8, 4) is 0 Å². The molecule has 24 heavy (non-hydrogen) atoms.